The summed E-state index contributed by atoms with van der Waals surface area (Å²) in [6.45, 7) is 1.69. The summed E-state index contributed by atoms with van der Waals surface area (Å²) in [7, 11) is 1.37. The number of halogens is 2. The Kier molecular flexibility index (Phi) is 4.47. The zero-order chi connectivity index (χ0) is 15.4. The fourth-order valence-corrected chi connectivity index (χ4v) is 1.84. The molecule has 1 aromatic carbocycles. The minimum absolute atomic E-state index is 0.0316. The van der Waals surface area contributed by atoms with Crippen LogP contribution in [0.1, 0.15) is 29.0 Å². The highest BCUT2D eigenvalue weighted by molar-refractivity contribution is 5.92. The number of aromatic nitrogens is 1. The van der Waals surface area contributed by atoms with Gasteiger partial charge in [-0.3, -0.25) is 4.79 Å². The monoisotopic (exact) mass is 292 g/mol. The molecule has 1 atom stereocenters. The first-order valence-electron chi connectivity index (χ1n) is 6.28. The van der Waals surface area contributed by atoms with Crippen molar-refractivity contribution in [1.82, 2.24) is 10.3 Å². The number of carbonyl (C=O) groups is 1. The van der Waals surface area contributed by atoms with E-state index < -0.39 is 23.7 Å². The Morgan fingerprint density at radius 1 is 1.29 bits per heavy atom. The molecule has 0 spiro atoms. The number of nitrogens with one attached hydrogen (secondary N) is 1. The van der Waals surface area contributed by atoms with Gasteiger partial charge in [0.1, 0.15) is 5.69 Å². The van der Waals surface area contributed by atoms with Crippen molar-refractivity contribution in [2.75, 3.05) is 7.11 Å². The molecule has 0 fully saturated rings. The molecular weight excluding hydrogens is 278 g/mol. The van der Waals surface area contributed by atoms with Gasteiger partial charge in [0.2, 0.25) is 5.95 Å². The van der Waals surface area contributed by atoms with Crippen molar-refractivity contribution in [3.05, 3.63) is 59.4 Å². The Balaban J connectivity index is 2.12. The summed E-state index contributed by atoms with van der Waals surface area (Å²) in [5.41, 5.74) is 0.536. The molecule has 1 amide bonds. The van der Waals surface area contributed by atoms with Crippen LogP contribution >= 0.6 is 0 Å². The maximum absolute atomic E-state index is 13.6. The Labute approximate surface area is 120 Å². The Morgan fingerprint density at radius 2 is 2.05 bits per heavy atom. The second kappa shape index (κ2) is 6.30. The summed E-state index contributed by atoms with van der Waals surface area (Å²) >= 11 is 0. The predicted octanol–water partition coefficient (Wildman–Crippen LogP) is 2.86. The lowest BCUT2D eigenvalue weighted by Crippen LogP contribution is -2.27. The molecule has 2 aromatic rings. The molecule has 1 N–H and O–H groups in total. The van der Waals surface area contributed by atoms with Crippen molar-refractivity contribution < 1.29 is 18.3 Å². The lowest BCUT2D eigenvalue weighted by Gasteiger charge is -2.15. The van der Waals surface area contributed by atoms with Gasteiger partial charge in [-0.25, -0.2) is 9.37 Å². The van der Waals surface area contributed by atoms with E-state index in [1.165, 1.54) is 31.4 Å². The lowest BCUT2D eigenvalue weighted by atomic mass is 10.1. The van der Waals surface area contributed by atoms with Crippen LogP contribution in [0.15, 0.2) is 36.4 Å². The van der Waals surface area contributed by atoms with E-state index in [4.69, 9.17) is 4.74 Å². The molecule has 110 valence electrons. The van der Waals surface area contributed by atoms with Crippen LogP contribution in [0, 0.1) is 11.8 Å². The van der Waals surface area contributed by atoms with Gasteiger partial charge in [-0.15, -0.1) is 0 Å². The molecule has 4 nitrogen and oxygen atoms in total. The first kappa shape index (κ1) is 14.9. The van der Waals surface area contributed by atoms with Gasteiger partial charge in [-0.2, -0.15) is 4.39 Å². The van der Waals surface area contributed by atoms with E-state index in [1.807, 2.05) is 0 Å². The molecule has 1 aromatic heterocycles. The van der Waals surface area contributed by atoms with Crippen LogP contribution in [0.5, 0.6) is 5.75 Å². The molecule has 0 aliphatic heterocycles. The van der Waals surface area contributed by atoms with Gasteiger partial charge in [-0.1, -0.05) is 12.1 Å². The van der Waals surface area contributed by atoms with Crippen LogP contribution < -0.4 is 10.1 Å². The summed E-state index contributed by atoms with van der Waals surface area (Å²) in [4.78, 5) is 15.4. The number of hydrogen-bond donors (Lipinski definition) is 1. The SMILES string of the molecule is COc1ccc(C(C)NC(=O)c2cccc(F)n2)cc1F. The fourth-order valence-electron chi connectivity index (χ4n) is 1.84. The number of carbonyl (C=O) groups excluding carboxylic acids is 1. The number of amides is 1. The molecule has 21 heavy (non-hydrogen) atoms. The van der Waals surface area contributed by atoms with Gasteiger partial charge in [0.15, 0.2) is 11.6 Å². The molecular formula is C15H14F2N2O2. The summed E-state index contributed by atoms with van der Waals surface area (Å²) in [6.07, 6.45) is 0. The molecule has 0 aliphatic rings. The van der Waals surface area contributed by atoms with Crippen LogP contribution in [0.2, 0.25) is 0 Å². The zero-order valence-electron chi connectivity index (χ0n) is 11.6. The minimum Gasteiger partial charge on any atom is -0.494 e. The van der Waals surface area contributed by atoms with Crippen molar-refractivity contribution in [3.8, 4) is 5.75 Å². The van der Waals surface area contributed by atoms with E-state index in [9.17, 15) is 13.6 Å². The van der Waals surface area contributed by atoms with E-state index in [0.29, 0.717) is 5.56 Å². The molecule has 0 aliphatic carbocycles. The lowest BCUT2D eigenvalue weighted by molar-refractivity contribution is 0.0933. The molecule has 1 unspecified atom stereocenters. The smallest absolute Gasteiger partial charge is 0.270 e. The molecule has 6 heteroatoms. The van der Waals surface area contributed by atoms with Gasteiger partial charge in [0, 0.05) is 0 Å². The van der Waals surface area contributed by atoms with E-state index in [1.54, 1.807) is 13.0 Å². The molecule has 0 bridgehead atoms. The van der Waals surface area contributed by atoms with Gasteiger partial charge >= 0.3 is 0 Å². The third-order valence-corrected chi connectivity index (χ3v) is 2.97. The molecule has 1 heterocycles. The largest absolute Gasteiger partial charge is 0.494 e. The Hall–Kier alpha value is -2.50. The van der Waals surface area contributed by atoms with E-state index in [-0.39, 0.29) is 11.4 Å². The number of hydrogen-bond acceptors (Lipinski definition) is 3. The van der Waals surface area contributed by atoms with Crippen molar-refractivity contribution >= 4 is 5.91 Å². The van der Waals surface area contributed by atoms with Crippen molar-refractivity contribution in [1.29, 1.82) is 0 Å². The summed E-state index contributed by atoms with van der Waals surface area (Å²) in [6, 6.07) is 7.90. The molecule has 0 saturated carbocycles. The van der Waals surface area contributed by atoms with Gasteiger partial charge in [0.05, 0.1) is 13.2 Å². The fraction of sp³-hybridized carbons (Fsp3) is 0.200. The van der Waals surface area contributed by atoms with Gasteiger partial charge in [-0.05, 0) is 36.8 Å². The summed E-state index contributed by atoms with van der Waals surface area (Å²) < 4.78 is 31.4. The van der Waals surface area contributed by atoms with Crippen LogP contribution in [0.25, 0.3) is 0 Å². The summed E-state index contributed by atoms with van der Waals surface area (Å²) in [5, 5.41) is 2.63. The quantitative estimate of drug-likeness (QED) is 0.882. The maximum atomic E-state index is 13.6. The third-order valence-electron chi connectivity index (χ3n) is 2.97. The average Bonchev–Trinajstić information content (AvgIpc) is 2.47. The first-order chi connectivity index (χ1) is 10.0. The zero-order valence-corrected chi connectivity index (χ0v) is 11.6. The van der Waals surface area contributed by atoms with Crippen molar-refractivity contribution in [2.45, 2.75) is 13.0 Å². The standard InChI is InChI=1S/C15H14F2N2O2/c1-9(10-6-7-13(21-2)11(16)8-10)18-15(20)12-4-3-5-14(17)19-12/h3-9H,1-2H3,(H,18,20). The van der Waals surface area contributed by atoms with Crippen LogP contribution in [-0.4, -0.2) is 18.0 Å². The number of rotatable bonds is 4. The minimum atomic E-state index is -0.731. The number of pyridine rings is 1. The topological polar surface area (TPSA) is 51.2 Å². The Bertz CT molecular complexity index is 662. The van der Waals surface area contributed by atoms with Gasteiger partial charge < -0.3 is 10.1 Å². The second-order valence-corrected chi connectivity index (χ2v) is 4.43. The Morgan fingerprint density at radius 3 is 2.67 bits per heavy atom. The van der Waals surface area contributed by atoms with Crippen LogP contribution in [0.3, 0.4) is 0 Å². The number of ether oxygens (including phenoxy) is 1. The van der Waals surface area contributed by atoms with Crippen molar-refractivity contribution in [2.24, 2.45) is 0 Å². The number of benzene rings is 1. The van der Waals surface area contributed by atoms with E-state index in [0.717, 1.165) is 6.07 Å². The highest BCUT2D eigenvalue weighted by Gasteiger charge is 2.14. The molecule has 0 radical (unpaired) electrons. The van der Waals surface area contributed by atoms with Crippen molar-refractivity contribution in [3.63, 3.8) is 0 Å². The highest BCUT2D eigenvalue weighted by Crippen LogP contribution is 2.21. The van der Waals surface area contributed by atoms with Crippen LogP contribution in [-0.2, 0) is 0 Å². The van der Waals surface area contributed by atoms with Gasteiger partial charge in [0.25, 0.3) is 5.91 Å². The summed E-state index contributed by atoms with van der Waals surface area (Å²) in [5.74, 6) is -1.65. The normalized spacial score (nSPS) is 11.8. The second-order valence-electron chi connectivity index (χ2n) is 4.43. The van der Waals surface area contributed by atoms with E-state index >= 15 is 0 Å². The van der Waals surface area contributed by atoms with Crippen LogP contribution in [0.4, 0.5) is 8.78 Å². The number of methoxy groups -OCH3 is 1. The average molecular weight is 292 g/mol. The first-order valence-corrected chi connectivity index (χ1v) is 6.28. The molecule has 2 rings (SSSR count). The molecule has 0 saturated heterocycles. The van der Waals surface area contributed by atoms with E-state index in [2.05, 4.69) is 10.3 Å². The predicted molar refractivity (Wildman–Crippen MR) is 73.0 cm³/mol. The highest BCUT2D eigenvalue weighted by atomic mass is 19.1. The maximum Gasteiger partial charge on any atom is 0.270 e. The third kappa shape index (κ3) is 3.53. The number of nitrogens with zero attached hydrogens (tertiary/aromatic N) is 1.